The van der Waals surface area contributed by atoms with Crippen LogP contribution in [0.3, 0.4) is 0 Å². The fraction of sp³-hybridized carbons (Fsp3) is 0.212. The lowest BCUT2D eigenvalue weighted by atomic mass is 9.93. The van der Waals surface area contributed by atoms with E-state index in [4.69, 9.17) is 14.2 Å². The average molecular weight is 615 g/mol. The number of anilines is 1. The van der Waals surface area contributed by atoms with Crippen LogP contribution in [0.15, 0.2) is 72.3 Å². The quantitative estimate of drug-likeness (QED) is 0.103. The zero-order chi connectivity index (χ0) is 31.5. The molecule has 3 aromatic carbocycles. The number of ketones is 1. The molecule has 44 heavy (non-hydrogen) atoms. The average Bonchev–Trinajstić information content (AvgIpc) is 3.52. The Morgan fingerprint density at radius 2 is 1.80 bits per heavy atom. The van der Waals surface area contributed by atoms with Gasteiger partial charge in [0.1, 0.15) is 23.0 Å². The van der Waals surface area contributed by atoms with Crippen LogP contribution in [-0.2, 0) is 20.9 Å². The Balaban J connectivity index is 1.60. The van der Waals surface area contributed by atoms with Gasteiger partial charge in [-0.3, -0.25) is 14.5 Å². The fourth-order valence-electron chi connectivity index (χ4n) is 4.96. The topological polar surface area (TPSA) is 135 Å². The first-order valence-corrected chi connectivity index (χ1v) is 14.6. The first-order chi connectivity index (χ1) is 21.1. The van der Waals surface area contributed by atoms with Crippen molar-refractivity contribution in [1.29, 1.82) is 0 Å². The van der Waals surface area contributed by atoms with E-state index in [1.54, 1.807) is 39.0 Å². The van der Waals surface area contributed by atoms with Crippen LogP contribution in [0.2, 0.25) is 0 Å². The zero-order valence-corrected chi connectivity index (χ0v) is 25.3. The van der Waals surface area contributed by atoms with Gasteiger partial charge in [-0.05, 0) is 67.8 Å². The maximum Gasteiger partial charge on any atom is 0.350 e. The second-order valence-corrected chi connectivity index (χ2v) is 11.0. The van der Waals surface area contributed by atoms with Gasteiger partial charge >= 0.3 is 11.9 Å². The summed E-state index contributed by atoms with van der Waals surface area (Å²) in [6, 6.07) is 17.9. The number of carbonyl (C=O) groups is 3. The summed E-state index contributed by atoms with van der Waals surface area (Å²) in [7, 11) is 1.37. The number of aryl methyl sites for hydroxylation is 2. The molecule has 1 unspecified atom stereocenters. The molecule has 0 radical (unpaired) electrons. The minimum Gasteiger partial charge on any atom is -0.507 e. The van der Waals surface area contributed by atoms with Crippen LogP contribution in [0.5, 0.6) is 17.2 Å². The molecule has 1 aromatic heterocycles. The van der Waals surface area contributed by atoms with Crippen molar-refractivity contribution in [2.75, 3.05) is 18.6 Å². The van der Waals surface area contributed by atoms with Gasteiger partial charge in [0.2, 0.25) is 0 Å². The van der Waals surface area contributed by atoms with E-state index in [-0.39, 0.29) is 33.7 Å². The molecule has 1 aliphatic heterocycles. The minimum atomic E-state index is -1.15. The van der Waals surface area contributed by atoms with Crippen molar-refractivity contribution in [2.45, 2.75) is 33.4 Å². The van der Waals surface area contributed by atoms with Crippen molar-refractivity contribution >= 4 is 39.9 Å². The van der Waals surface area contributed by atoms with Crippen molar-refractivity contribution in [3.05, 3.63) is 105 Å². The molecule has 2 N–H and O–H groups in total. The van der Waals surface area contributed by atoms with E-state index in [2.05, 4.69) is 4.98 Å². The molecule has 5 rings (SSSR count). The number of Topliss-reactive ketones (excluding diaryl/α,β-unsaturated/α-hetero) is 1. The third-order valence-corrected chi connectivity index (χ3v) is 8.25. The lowest BCUT2D eigenvalue weighted by molar-refractivity contribution is -0.132. The largest absolute Gasteiger partial charge is 0.507 e. The van der Waals surface area contributed by atoms with E-state index in [1.165, 1.54) is 25.3 Å². The number of methoxy groups -OCH3 is 1. The molecule has 0 saturated carbocycles. The standard InChI is InChI=1S/C33H30N2O8S/c1-5-42-32(40)30-19(3)34-33(44-30)35-27(21-11-14-24(36)25(16-21)41-4)26(29(38)31(35)39)28(37)23-13-12-22(15-18(23)2)43-17-20-9-7-6-8-10-20/h6-16,27,36-37H,5,17H2,1-4H3. The van der Waals surface area contributed by atoms with E-state index >= 15 is 0 Å². The number of thiazole rings is 1. The van der Waals surface area contributed by atoms with Crippen molar-refractivity contribution in [3.63, 3.8) is 0 Å². The molecule has 1 aliphatic rings. The predicted octanol–water partition coefficient (Wildman–Crippen LogP) is 5.86. The highest BCUT2D eigenvalue weighted by molar-refractivity contribution is 7.17. The molecule has 4 aromatic rings. The Kier molecular flexibility index (Phi) is 8.68. The predicted molar refractivity (Wildman–Crippen MR) is 164 cm³/mol. The third-order valence-electron chi connectivity index (χ3n) is 7.12. The molecule has 0 aliphatic carbocycles. The number of hydrogen-bond acceptors (Lipinski definition) is 10. The van der Waals surface area contributed by atoms with Crippen LogP contribution in [-0.4, -0.2) is 46.6 Å². The summed E-state index contributed by atoms with van der Waals surface area (Å²) in [4.78, 5) is 45.6. The van der Waals surface area contributed by atoms with Gasteiger partial charge in [-0.25, -0.2) is 9.78 Å². The number of aliphatic hydroxyl groups excluding tert-OH is 1. The summed E-state index contributed by atoms with van der Waals surface area (Å²) < 4.78 is 16.3. The summed E-state index contributed by atoms with van der Waals surface area (Å²) in [6.45, 7) is 5.54. The van der Waals surface area contributed by atoms with Gasteiger partial charge < -0.3 is 24.4 Å². The molecular formula is C33H30N2O8S. The van der Waals surface area contributed by atoms with Crippen molar-refractivity contribution < 1.29 is 38.8 Å². The van der Waals surface area contributed by atoms with Gasteiger partial charge in [0.05, 0.1) is 31.0 Å². The van der Waals surface area contributed by atoms with E-state index in [0.29, 0.717) is 34.7 Å². The van der Waals surface area contributed by atoms with E-state index in [1.807, 2.05) is 30.3 Å². The van der Waals surface area contributed by atoms with Gasteiger partial charge in [-0.15, -0.1) is 0 Å². The Morgan fingerprint density at radius 3 is 2.48 bits per heavy atom. The number of benzene rings is 3. The Hall–Kier alpha value is -5.16. The number of ether oxygens (including phenoxy) is 3. The van der Waals surface area contributed by atoms with Crippen molar-refractivity contribution in [3.8, 4) is 17.2 Å². The highest BCUT2D eigenvalue weighted by Crippen LogP contribution is 2.45. The van der Waals surface area contributed by atoms with Gasteiger partial charge in [0, 0.05) is 5.56 Å². The number of nitrogens with zero attached hydrogens (tertiary/aromatic N) is 2. The van der Waals surface area contributed by atoms with Gasteiger partial charge in [0.25, 0.3) is 5.78 Å². The van der Waals surface area contributed by atoms with Crippen molar-refractivity contribution in [1.82, 2.24) is 4.98 Å². The normalized spacial score (nSPS) is 15.8. The highest BCUT2D eigenvalue weighted by atomic mass is 32.1. The highest BCUT2D eigenvalue weighted by Gasteiger charge is 2.48. The number of phenols is 1. The van der Waals surface area contributed by atoms with Gasteiger partial charge in [-0.1, -0.05) is 47.7 Å². The van der Waals surface area contributed by atoms with Gasteiger partial charge in [-0.2, -0.15) is 0 Å². The number of aliphatic hydroxyl groups is 1. The monoisotopic (exact) mass is 614 g/mol. The Bertz CT molecular complexity index is 1780. The molecule has 10 nitrogen and oxygen atoms in total. The number of aromatic nitrogens is 1. The molecule has 1 atom stereocenters. The Morgan fingerprint density at radius 1 is 1.05 bits per heavy atom. The molecule has 0 spiro atoms. The molecule has 0 bridgehead atoms. The van der Waals surface area contributed by atoms with Crippen LogP contribution in [0.4, 0.5) is 5.13 Å². The first-order valence-electron chi connectivity index (χ1n) is 13.7. The van der Waals surface area contributed by atoms with E-state index in [0.717, 1.165) is 21.8 Å². The van der Waals surface area contributed by atoms with Gasteiger partial charge in [0.15, 0.2) is 16.6 Å². The summed E-state index contributed by atoms with van der Waals surface area (Å²) in [5.74, 6) is -2.35. The molecule has 226 valence electrons. The number of rotatable bonds is 9. The number of phenolic OH excluding ortho intramolecular Hbond substituents is 1. The molecule has 1 amide bonds. The summed E-state index contributed by atoms with van der Waals surface area (Å²) in [5.41, 5.74) is 2.43. The smallest absolute Gasteiger partial charge is 0.350 e. The van der Waals surface area contributed by atoms with Crippen LogP contribution >= 0.6 is 11.3 Å². The third kappa shape index (κ3) is 5.73. The Labute approximate surface area is 257 Å². The number of amides is 1. The second kappa shape index (κ2) is 12.6. The van der Waals surface area contributed by atoms with E-state index in [9.17, 15) is 24.6 Å². The SMILES string of the molecule is CCOC(=O)c1sc(N2C(=O)C(=O)C(=C(O)c3ccc(OCc4ccccc4)cc3C)C2c2ccc(O)c(OC)c2)nc1C. The summed E-state index contributed by atoms with van der Waals surface area (Å²) in [6.07, 6.45) is 0. The number of aromatic hydroxyl groups is 1. The molecular weight excluding hydrogens is 584 g/mol. The summed E-state index contributed by atoms with van der Waals surface area (Å²) >= 11 is 0.906. The van der Waals surface area contributed by atoms with E-state index < -0.39 is 29.5 Å². The van der Waals surface area contributed by atoms with Crippen LogP contribution < -0.4 is 14.4 Å². The summed E-state index contributed by atoms with van der Waals surface area (Å²) in [5, 5.41) is 22.0. The fourth-order valence-corrected chi connectivity index (χ4v) is 5.95. The van der Waals surface area contributed by atoms with Crippen LogP contribution in [0.1, 0.15) is 50.6 Å². The van der Waals surface area contributed by atoms with Crippen molar-refractivity contribution in [2.24, 2.45) is 0 Å². The minimum absolute atomic E-state index is 0.0742. The lowest BCUT2D eigenvalue weighted by Crippen LogP contribution is -2.29. The molecule has 11 heteroatoms. The lowest BCUT2D eigenvalue weighted by Gasteiger charge is -2.23. The number of carbonyl (C=O) groups excluding carboxylic acids is 3. The second-order valence-electron chi connectivity index (χ2n) is 9.98. The van der Waals surface area contributed by atoms with Crippen LogP contribution in [0, 0.1) is 13.8 Å². The zero-order valence-electron chi connectivity index (χ0n) is 24.5. The molecule has 1 saturated heterocycles. The number of hydrogen-bond donors (Lipinski definition) is 2. The maximum atomic E-state index is 13.6. The number of esters is 1. The first kappa shape index (κ1) is 30.3. The maximum absolute atomic E-state index is 13.6. The molecule has 2 heterocycles. The molecule has 1 fully saturated rings. The van der Waals surface area contributed by atoms with Crippen LogP contribution in [0.25, 0.3) is 5.76 Å².